The number of aromatic nitrogens is 3. The molecule has 0 aromatic carbocycles. The van der Waals surface area contributed by atoms with Gasteiger partial charge in [-0.1, -0.05) is 0 Å². The molecule has 7 nitrogen and oxygen atoms in total. The molecule has 1 aliphatic carbocycles. The van der Waals surface area contributed by atoms with Crippen LogP contribution in [0.5, 0.6) is 0 Å². The van der Waals surface area contributed by atoms with Gasteiger partial charge in [0.2, 0.25) is 5.89 Å². The molecule has 0 amide bonds. The van der Waals surface area contributed by atoms with E-state index < -0.39 is 0 Å². The molecule has 1 aliphatic rings. The maximum Gasteiger partial charge on any atom is 0.232 e. The largest absolute Gasteiger partial charge is 0.437 e. The second-order valence-corrected chi connectivity index (χ2v) is 6.62. The summed E-state index contributed by atoms with van der Waals surface area (Å²) in [5, 5.41) is 12.9. The number of anilines is 1. The highest BCUT2D eigenvalue weighted by Crippen LogP contribution is 2.33. The van der Waals surface area contributed by atoms with Gasteiger partial charge >= 0.3 is 0 Å². The summed E-state index contributed by atoms with van der Waals surface area (Å²) >= 11 is 0. The first kappa shape index (κ1) is 18.3. The van der Waals surface area contributed by atoms with Gasteiger partial charge in [0.15, 0.2) is 0 Å². The van der Waals surface area contributed by atoms with E-state index in [1.807, 2.05) is 19.9 Å². The van der Waals surface area contributed by atoms with Gasteiger partial charge in [-0.3, -0.25) is 4.99 Å². The second-order valence-electron chi connectivity index (χ2n) is 6.62. The Hall–Kier alpha value is -2.54. The molecule has 3 rings (SSSR count). The number of oxazole rings is 1. The van der Waals surface area contributed by atoms with E-state index >= 15 is 0 Å². The minimum absolute atomic E-state index is 0.239. The van der Waals surface area contributed by atoms with Gasteiger partial charge in [0.1, 0.15) is 23.0 Å². The Morgan fingerprint density at radius 1 is 1.35 bits per heavy atom. The lowest BCUT2D eigenvalue weighted by Gasteiger charge is -2.17. The van der Waals surface area contributed by atoms with Gasteiger partial charge in [0.05, 0.1) is 11.9 Å². The van der Waals surface area contributed by atoms with Crippen molar-refractivity contribution >= 4 is 18.1 Å². The van der Waals surface area contributed by atoms with Gasteiger partial charge in [-0.2, -0.15) is 0 Å². The number of aliphatic hydroxyl groups is 1. The molecule has 2 heterocycles. The number of aliphatic hydroxyl groups excluding tert-OH is 1. The summed E-state index contributed by atoms with van der Waals surface area (Å²) in [6.45, 7) is 4.05. The Morgan fingerprint density at radius 2 is 2.19 bits per heavy atom. The van der Waals surface area contributed by atoms with Crippen molar-refractivity contribution < 1.29 is 9.52 Å². The summed E-state index contributed by atoms with van der Waals surface area (Å²) < 4.78 is 5.86. The van der Waals surface area contributed by atoms with Crippen LogP contribution in [-0.2, 0) is 0 Å². The van der Waals surface area contributed by atoms with Crippen LogP contribution in [0.25, 0.3) is 17.5 Å². The van der Waals surface area contributed by atoms with E-state index in [1.165, 1.54) is 0 Å². The topological polar surface area (TPSA) is 96.4 Å². The fraction of sp³-hybridized carbons (Fsp3) is 0.474. The number of aliphatic imine (C=N–C) groups is 1. The van der Waals surface area contributed by atoms with Crippen LogP contribution in [0.2, 0.25) is 0 Å². The van der Waals surface area contributed by atoms with Gasteiger partial charge < -0.3 is 14.8 Å². The highest BCUT2D eigenvalue weighted by molar-refractivity contribution is 5.77. The first-order chi connectivity index (χ1) is 12.6. The molecule has 2 aromatic heterocycles. The Morgan fingerprint density at radius 3 is 2.92 bits per heavy atom. The molecule has 26 heavy (non-hydrogen) atoms. The zero-order valence-electron chi connectivity index (χ0n) is 15.4. The lowest BCUT2D eigenvalue weighted by atomic mass is 10.1. The molecule has 2 N–H and O–H groups in total. The van der Waals surface area contributed by atoms with E-state index in [9.17, 15) is 5.11 Å². The SMILES string of the molecule is CN=C/C=C\c1cnc(-c2c(C)nc(C)nc2NC2CCC(CO)C2)o1. The predicted molar refractivity (Wildman–Crippen MR) is 102 cm³/mol. The van der Waals surface area contributed by atoms with E-state index in [0.717, 1.165) is 36.3 Å². The summed E-state index contributed by atoms with van der Waals surface area (Å²) in [4.78, 5) is 17.4. The van der Waals surface area contributed by atoms with Crippen molar-refractivity contribution in [2.75, 3.05) is 19.0 Å². The third-order valence-corrected chi connectivity index (χ3v) is 4.58. The van der Waals surface area contributed by atoms with E-state index in [0.29, 0.717) is 23.4 Å². The first-order valence-electron chi connectivity index (χ1n) is 8.88. The highest BCUT2D eigenvalue weighted by Gasteiger charge is 2.26. The summed E-state index contributed by atoms with van der Waals surface area (Å²) in [5.74, 6) is 2.95. The molecule has 138 valence electrons. The van der Waals surface area contributed by atoms with Gasteiger partial charge in [-0.05, 0) is 51.2 Å². The molecule has 2 aromatic rings. The number of nitrogens with one attached hydrogen (secondary N) is 1. The summed E-state index contributed by atoms with van der Waals surface area (Å²) in [6, 6.07) is 0.287. The van der Waals surface area contributed by atoms with Crippen LogP contribution in [0.4, 0.5) is 5.82 Å². The van der Waals surface area contributed by atoms with E-state index in [2.05, 4.69) is 25.3 Å². The normalized spacial score (nSPS) is 20.5. The number of hydrogen-bond acceptors (Lipinski definition) is 7. The Labute approximate surface area is 153 Å². The predicted octanol–water partition coefficient (Wildman–Crippen LogP) is 3.04. The van der Waals surface area contributed by atoms with Crippen LogP contribution in [0.3, 0.4) is 0 Å². The fourth-order valence-electron chi connectivity index (χ4n) is 3.34. The Kier molecular flexibility index (Phi) is 5.78. The lowest BCUT2D eigenvalue weighted by Crippen LogP contribution is -2.19. The Bertz CT molecular complexity index is 812. The molecule has 0 bridgehead atoms. The molecule has 1 saturated carbocycles. The number of nitrogens with zero attached hydrogens (tertiary/aromatic N) is 4. The average molecular weight is 355 g/mol. The molecular formula is C19H25N5O2. The smallest absolute Gasteiger partial charge is 0.232 e. The van der Waals surface area contributed by atoms with Crippen LogP contribution < -0.4 is 5.32 Å². The fourth-order valence-corrected chi connectivity index (χ4v) is 3.34. The third-order valence-electron chi connectivity index (χ3n) is 4.58. The molecule has 0 aliphatic heterocycles. The van der Waals surface area contributed by atoms with Crippen LogP contribution in [0.1, 0.15) is 36.5 Å². The van der Waals surface area contributed by atoms with E-state index in [4.69, 9.17) is 4.42 Å². The van der Waals surface area contributed by atoms with Crippen LogP contribution in [0, 0.1) is 19.8 Å². The number of allylic oxidation sites excluding steroid dienone is 1. The quantitative estimate of drug-likeness (QED) is 0.773. The number of rotatable bonds is 6. The van der Waals surface area contributed by atoms with Crippen molar-refractivity contribution in [3.8, 4) is 11.5 Å². The zero-order chi connectivity index (χ0) is 18.5. The maximum atomic E-state index is 9.37. The number of hydrogen-bond donors (Lipinski definition) is 2. The third kappa shape index (κ3) is 4.16. The molecule has 0 saturated heterocycles. The van der Waals surface area contributed by atoms with Crippen molar-refractivity contribution in [1.82, 2.24) is 15.0 Å². The second kappa shape index (κ2) is 8.23. The van der Waals surface area contributed by atoms with Crippen molar-refractivity contribution in [3.05, 3.63) is 29.6 Å². The van der Waals surface area contributed by atoms with Gasteiger partial charge in [-0.15, -0.1) is 0 Å². The Balaban J connectivity index is 1.89. The lowest BCUT2D eigenvalue weighted by molar-refractivity contribution is 0.229. The molecule has 2 atom stereocenters. The van der Waals surface area contributed by atoms with Crippen molar-refractivity contribution in [2.45, 2.75) is 39.2 Å². The molecule has 7 heteroatoms. The van der Waals surface area contributed by atoms with Gasteiger partial charge in [0, 0.05) is 25.9 Å². The standard InChI is InChI=1S/C19H25N5O2/c1-12-17(19-21-10-16(26-19)5-4-8-20-3)18(23-13(2)22-12)24-15-7-6-14(9-15)11-25/h4-5,8,10,14-15,25H,6-7,9,11H2,1-3H3,(H,22,23,24)/b5-4-,20-8?. The van der Waals surface area contributed by atoms with Crippen molar-refractivity contribution in [1.29, 1.82) is 0 Å². The maximum absolute atomic E-state index is 9.37. The summed E-state index contributed by atoms with van der Waals surface area (Å²) in [7, 11) is 1.71. The number of aryl methyl sites for hydroxylation is 2. The molecule has 0 spiro atoms. The van der Waals surface area contributed by atoms with Crippen LogP contribution in [0.15, 0.2) is 21.7 Å². The van der Waals surface area contributed by atoms with E-state index in [1.54, 1.807) is 25.5 Å². The van der Waals surface area contributed by atoms with Crippen LogP contribution >= 0.6 is 0 Å². The van der Waals surface area contributed by atoms with Crippen LogP contribution in [-0.4, -0.2) is 46.0 Å². The van der Waals surface area contributed by atoms with Crippen molar-refractivity contribution in [3.63, 3.8) is 0 Å². The molecule has 1 fully saturated rings. The molecule has 2 unspecified atom stereocenters. The minimum Gasteiger partial charge on any atom is -0.437 e. The zero-order valence-corrected chi connectivity index (χ0v) is 15.4. The minimum atomic E-state index is 0.239. The summed E-state index contributed by atoms with van der Waals surface area (Å²) in [5.41, 5.74) is 1.61. The van der Waals surface area contributed by atoms with Gasteiger partial charge in [-0.25, -0.2) is 15.0 Å². The van der Waals surface area contributed by atoms with Gasteiger partial charge in [0.25, 0.3) is 0 Å². The first-order valence-corrected chi connectivity index (χ1v) is 8.88. The highest BCUT2D eigenvalue weighted by atomic mass is 16.4. The van der Waals surface area contributed by atoms with E-state index in [-0.39, 0.29) is 12.6 Å². The average Bonchev–Trinajstić information content (AvgIpc) is 3.24. The molecule has 0 radical (unpaired) electrons. The van der Waals surface area contributed by atoms with Crippen molar-refractivity contribution in [2.24, 2.45) is 10.9 Å². The monoisotopic (exact) mass is 355 g/mol. The summed E-state index contributed by atoms with van der Waals surface area (Å²) in [6.07, 6.45) is 9.96. The molecular weight excluding hydrogens is 330 g/mol.